The number of benzene rings is 1. The average Bonchev–Trinajstić information content (AvgIpc) is 2.90. The number of hydrogen-bond donors (Lipinski definition) is 1. The lowest BCUT2D eigenvalue weighted by Crippen LogP contribution is -2.49. The summed E-state index contributed by atoms with van der Waals surface area (Å²) in [5.74, 6) is -1.45. The Kier molecular flexibility index (Phi) is 8.22. The predicted molar refractivity (Wildman–Crippen MR) is 146 cm³/mol. The number of pyridine rings is 1. The Morgan fingerprint density at radius 3 is 2.42 bits per heavy atom. The lowest BCUT2D eigenvalue weighted by molar-refractivity contribution is 0.0588. The zero-order valence-corrected chi connectivity index (χ0v) is 22.8. The summed E-state index contributed by atoms with van der Waals surface area (Å²) in [5.41, 5.74) is 1.04. The van der Waals surface area contributed by atoms with Crippen LogP contribution in [0.1, 0.15) is 29.9 Å². The zero-order chi connectivity index (χ0) is 27.4. The molecule has 1 saturated heterocycles. The fourth-order valence-electron chi connectivity index (χ4n) is 4.31. The molecule has 3 aromatic rings. The van der Waals surface area contributed by atoms with Gasteiger partial charge in [-0.05, 0) is 25.5 Å². The van der Waals surface area contributed by atoms with Crippen molar-refractivity contribution >= 4 is 32.8 Å². The number of piperazine rings is 1. The Balaban J connectivity index is 1.82. The second kappa shape index (κ2) is 11.4. The number of esters is 1. The van der Waals surface area contributed by atoms with Crippen LogP contribution >= 0.6 is 0 Å². The van der Waals surface area contributed by atoms with E-state index in [1.54, 1.807) is 12.3 Å². The van der Waals surface area contributed by atoms with Gasteiger partial charge in [0, 0.05) is 44.7 Å². The van der Waals surface area contributed by atoms with Crippen molar-refractivity contribution in [3.8, 4) is 5.75 Å². The number of hydrogen-bond acceptors (Lipinski definition) is 10. The number of sulfone groups is 1. The number of anilines is 2. The second-order valence-corrected chi connectivity index (χ2v) is 11.7. The minimum atomic E-state index is -3.40. The van der Waals surface area contributed by atoms with Gasteiger partial charge in [0.25, 0.3) is 0 Å². The van der Waals surface area contributed by atoms with E-state index in [-0.39, 0.29) is 29.6 Å². The van der Waals surface area contributed by atoms with Crippen molar-refractivity contribution in [3.63, 3.8) is 0 Å². The van der Waals surface area contributed by atoms with E-state index in [2.05, 4.69) is 33.9 Å². The molecule has 1 N–H and O–H groups in total. The third-order valence-electron chi connectivity index (χ3n) is 6.41. The van der Waals surface area contributed by atoms with E-state index in [1.807, 2.05) is 30.3 Å². The van der Waals surface area contributed by atoms with Gasteiger partial charge in [-0.25, -0.2) is 18.2 Å². The van der Waals surface area contributed by atoms with E-state index in [4.69, 9.17) is 9.47 Å². The second-order valence-electron chi connectivity index (χ2n) is 9.53. The first-order valence-electron chi connectivity index (χ1n) is 12.3. The van der Waals surface area contributed by atoms with E-state index < -0.39 is 21.4 Å². The Morgan fingerprint density at radius 2 is 1.82 bits per heavy atom. The minimum absolute atomic E-state index is 0.0455. The lowest BCUT2D eigenvalue weighted by atomic mass is 10.2. The van der Waals surface area contributed by atoms with E-state index in [0.717, 1.165) is 43.7 Å². The van der Waals surface area contributed by atoms with E-state index in [1.165, 1.54) is 11.5 Å². The summed E-state index contributed by atoms with van der Waals surface area (Å²) < 4.78 is 35.9. The summed E-state index contributed by atoms with van der Waals surface area (Å²) in [6, 6.07) is 11.4. The Morgan fingerprint density at radius 1 is 1.13 bits per heavy atom. The fourth-order valence-corrected chi connectivity index (χ4v) is 4.73. The minimum Gasteiger partial charge on any atom is -0.481 e. The van der Waals surface area contributed by atoms with Gasteiger partial charge in [0.15, 0.2) is 21.2 Å². The molecule has 0 amide bonds. The van der Waals surface area contributed by atoms with Crippen molar-refractivity contribution in [1.82, 2.24) is 14.3 Å². The summed E-state index contributed by atoms with van der Waals surface area (Å²) in [7, 11) is -2.21. The van der Waals surface area contributed by atoms with Gasteiger partial charge >= 0.3 is 11.5 Å². The van der Waals surface area contributed by atoms with Gasteiger partial charge in [0.05, 0.1) is 18.5 Å². The van der Waals surface area contributed by atoms with Gasteiger partial charge in [-0.15, -0.1) is 0 Å². The molecule has 0 radical (unpaired) electrons. The quantitative estimate of drug-likeness (QED) is 0.401. The maximum absolute atomic E-state index is 13.7. The van der Waals surface area contributed by atoms with Gasteiger partial charge in [-0.1, -0.05) is 30.3 Å². The van der Waals surface area contributed by atoms with Gasteiger partial charge in [0.2, 0.25) is 5.75 Å². The molecular formula is C26H33N5O6S. The molecule has 1 aliphatic rings. The standard InChI is InChI=1S/C26H33N5O6S/c1-18(2)29-10-12-30(13-11-29)20-14-21(27-17-38(4,34)35)24-28-22(26(33)36-3)23(25(32)31(24)15-20)37-16-19-8-6-5-7-9-19/h5-9,14-15,18,27H,10-13,16-17H2,1-4H3. The highest BCUT2D eigenvalue weighted by molar-refractivity contribution is 7.90. The van der Waals surface area contributed by atoms with Crippen molar-refractivity contribution < 1.29 is 22.7 Å². The summed E-state index contributed by atoms with van der Waals surface area (Å²) in [6.07, 6.45) is 2.75. The molecule has 0 spiro atoms. The zero-order valence-electron chi connectivity index (χ0n) is 22.0. The van der Waals surface area contributed by atoms with Crippen LogP contribution in [0.25, 0.3) is 5.65 Å². The van der Waals surface area contributed by atoms with Crippen LogP contribution in [0.2, 0.25) is 0 Å². The van der Waals surface area contributed by atoms with Crippen LogP contribution in [-0.4, -0.2) is 80.1 Å². The normalized spacial score (nSPS) is 14.6. The number of carbonyl (C=O) groups is 1. The number of nitrogens with zero attached hydrogens (tertiary/aromatic N) is 4. The Labute approximate surface area is 221 Å². The first-order valence-corrected chi connectivity index (χ1v) is 14.4. The molecule has 0 bridgehead atoms. The number of nitrogens with one attached hydrogen (secondary N) is 1. The van der Waals surface area contributed by atoms with Gasteiger partial charge in [-0.3, -0.25) is 14.1 Å². The molecule has 11 nitrogen and oxygen atoms in total. The first-order chi connectivity index (χ1) is 18.1. The molecule has 12 heteroatoms. The van der Waals surface area contributed by atoms with Gasteiger partial charge < -0.3 is 19.7 Å². The molecule has 204 valence electrons. The maximum Gasteiger partial charge on any atom is 0.360 e. The average molecular weight is 544 g/mol. The smallest absolute Gasteiger partial charge is 0.360 e. The highest BCUT2D eigenvalue weighted by Gasteiger charge is 2.25. The molecule has 3 heterocycles. The van der Waals surface area contributed by atoms with Gasteiger partial charge in [0.1, 0.15) is 12.5 Å². The van der Waals surface area contributed by atoms with E-state index in [0.29, 0.717) is 11.7 Å². The third kappa shape index (κ3) is 6.25. The summed E-state index contributed by atoms with van der Waals surface area (Å²) in [5, 5.41) is 2.88. The van der Waals surface area contributed by atoms with Crippen LogP contribution in [0.5, 0.6) is 5.75 Å². The van der Waals surface area contributed by atoms with Crippen LogP contribution < -0.4 is 20.5 Å². The predicted octanol–water partition coefficient (Wildman–Crippen LogP) is 2.00. The molecular weight excluding hydrogens is 510 g/mol. The van der Waals surface area contributed by atoms with Crippen molar-refractivity contribution in [2.75, 3.05) is 55.6 Å². The number of fused-ring (bicyclic) bond motifs is 1. The Hall–Kier alpha value is -3.64. The topological polar surface area (TPSA) is 123 Å². The van der Waals surface area contributed by atoms with Crippen molar-refractivity contribution in [1.29, 1.82) is 0 Å². The molecule has 0 aliphatic carbocycles. The number of rotatable bonds is 9. The summed E-state index contributed by atoms with van der Waals surface area (Å²) in [6.45, 7) is 7.51. The first kappa shape index (κ1) is 27.4. The van der Waals surface area contributed by atoms with Crippen LogP contribution in [-0.2, 0) is 21.2 Å². The van der Waals surface area contributed by atoms with Gasteiger partial charge in [-0.2, -0.15) is 0 Å². The van der Waals surface area contributed by atoms with Crippen molar-refractivity contribution in [2.45, 2.75) is 26.5 Å². The SMILES string of the molecule is COC(=O)c1nc2c(NCS(C)(=O)=O)cc(N3CCN(C(C)C)CC3)cn2c(=O)c1OCc1ccccc1. The number of aromatic nitrogens is 2. The number of ether oxygens (including phenoxy) is 2. The van der Waals surface area contributed by atoms with Crippen LogP contribution in [0.3, 0.4) is 0 Å². The molecule has 0 unspecified atom stereocenters. The fraction of sp³-hybridized carbons (Fsp3) is 0.423. The lowest BCUT2D eigenvalue weighted by Gasteiger charge is -2.38. The largest absolute Gasteiger partial charge is 0.481 e. The molecule has 2 aromatic heterocycles. The Bertz CT molecular complexity index is 1460. The molecule has 1 aliphatic heterocycles. The highest BCUT2D eigenvalue weighted by Crippen LogP contribution is 2.27. The molecule has 4 rings (SSSR count). The monoisotopic (exact) mass is 543 g/mol. The summed E-state index contributed by atoms with van der Waals surface area (Å²) >= 11 is 0. The molecule has 1 fully saturated rings. The molecule has 38 heavy (non-hydrogen) atoms. The highest BCUT2D eigenvalue weighted by atomic mass is 32.2. The molecule has 0 atom stereocenters. The number of methoxy groups -OCH3 is 1. The van der Waals surface area contributed by atoms with Crippen LogP contribution in [0.4, 0.5) is 11.4 Å². The van der Waals surface area contributed by atoms with Crippen LogP contribution in [0, 0.1) is 0 Å². The number of carbonyl (C=O) groups excluding carboxylic acids is 1. The van der Waals surface area contributed by atoms with E-state index in [9.17, 15) is 18.0 Å². The molecule has 1 aromatic carbocycles. The summed E-state index contributed by atoms with van der Waals surface area (Å²) in [4.78, 5) is 35.3. The van der Waals surface area contributed by atoms with Crippen molar-refractivity contribution in [3.05, 3.63) is 64.2 Å². The van der Waals surface area contributed by atoms with Crippen LogP contribution in [0.15, 0.2) is 47.4 Å². The maximum atomic E-state index is 13.7. The van der Waals surface area contributed by atoms with Crippen molar-refractivity contribution in [2.24, 2.45) is 0 Å². The molecule has 0 saturated carbocycles. The van der Waals surface area contributed by atoms with E-state index >= 15 is 0 Å². The third-order valence-corrected chi connectivity index (χ3v) is 7.08.